The molecule has 1 amide bonds. The zero-order valence-electron chi connectivity index (χ0n) is 5.91. The Labute approximate surface area is 59.3 Å². The molecular formula is C6H11NO3. The molecule has 0 aliphatic carbocycles. The molecule has 1 rings (SSSR count). The van der Waals surface area contributed by atoms with Gasteiger partial charge in [-0.15, -0.1) is 0 Å². The number of hydrogen-bond acceptors (Lipinski definition) is 3. The average Bonchev–Trinajstić information content (AvgIpc) is 2.15. The Kier molecular flexibility index (Phi) is 2.24. The largest absolute Gasteiger partial charge is 0.366 e. The number of carbonyl (C=O) groups excluding carboxylic acids is 1. The van der Waals surface area contributed by atoms with Gasteiger partial charge in [-0.3, -0.25) is 4.79 Å². The Morgan fingerprint density at radius 2 is 2.50 bits per heavy atom. The van der Waals surface area contributed by atoms with E-state index in [4.69, 9.17) is 9.94 Å². The van der Waals surface area contributed by atoms with Gasteiger partial charge in [-0.2, -0.15) is 0 Å². The first-order valence-corrected chi connectivity index (χ1v) is 3.35. The average molecular weight is 145 g/mol. The minimum Gasteiger partial charge on any atom is -0.366 e. The summed E-state index contributed by atoms with van der Waals surface area (Å²) in [7, 11) is 0. The predicted molar refractivity (Wildman–Crippen MR) is 33.7 cm³/mol. The van der Waals surface area contributed by atoms with Crippen molar-refractivity contribution in [1.29, 1.82) is 0 Å². The number of carbonyl (C=O) groups is 1. The van der Waals surface area contributed by atoms with Gasteiger partial charge in [0.25, 0.3) is 0 Å². The van der Waals surface area contributed by atoms with E-state index in [1.54, 1.807) is 0 Å². The Bertz CT molecular complexity index is 135. The lowest BCUT2D eigenvalue weighted by Crippen LogP contribution is -2.29. The molecule has 1 atom stereocenters. The standard InChI is InChI=1S/C6H11NO3/c1-5(8)10-7-4-2-3-6(7)9/h5,8H,2-4H2,1H3. The van der Waals surface area contributed by atoms with Gasteiger partial charge in [0.15, 0.2) is 6.29 Å². The summed E-state index contributed by atoms with van der Waals surface area (Å²) >= 11 is 0. The van der Waals surface area contributed by atoms with E-state index < -0.39 is 6.29 Å². The predicted octanol–water partition coefficient (Wildman–Crippen LogP) is -0.121. The van der Waals surface area contributed by atoms with Gasteiger partial charge in [-0.1, -0.05) is 0 Å². The van der Waals surface area contributed by atoms with Gasteiger partial charge in [0.2, 0.25) is 5.91 Å². The number of hydrogen-bond donors (Lipinski definition) is 1. The summed E-state index contributed by atoms with van der Waals surface area (Å²) in [6.07, 6.45) is 0.472. The summed E-state index contributed by atoms with van der Waals surface area (Å²) in [5.74, 6) is -0.0408. The molecule has 1 heterocycles. The third-order valence-corrected chi connectivity index (χ3v) is 1.31. The van der Waals surface area contributed by atoms with Crippen LogP contribution in [0.5, 0.6) is 0 Å². The highest BCUT2D eigenvalue weighted by Crippen LogP contribution is 2.10. The third kappa shape index (κ3) is 1.68. The van der Waals surface area contributed by atoms with Crippen LogP contribution in [0.2, 0.25) is 0 Å². The molecule has 1 N–H and O–H groups in total. The van der Waals surface area contributed by atoms with Gasteiger partial charge in [-0.05, 0) is 13.3 Å². The first-order chi connectivity index (χ1) is 4.70. The molecule has 1 fully saturated rings. The highest BCUT2D eigenvalue weighted by molar-refractivity contribution is 5.76. The van der Waals surface area contributed by atoms with Crippen molar-refractivity contribution in [3.8, 4) is 0 Å². The molecule has 0 spiro atoms. The molecule has 0 aromatic rings. The number of aliphatic hydroxyl groups excluding tert-OH is 1. The van der Waals surface area contributed by atoms with E-state index in [1.165, 1.54) is 12.0 Å². The molecule has 1 saturated heterocycles. The van der Waals surface area contributed by atoms with Crippen molar-refractivity contribution in [3.05, 3.63) is 0 Å². The van der Waals surface area contributed by atoms with E-state index >= 15 is 0 Å². The number of hydroxylamine groups is 2. The zero-order chi connectivity index (χ0) is 7.56. The van der Waals surface area contributed by atoms with Crippen molar-refractivity contribution >= 4 is 5.91 Å². The summed E-state index contributed by atoms with van der Waals surface area (Å²) in [6.45, 7) is 2.08. The number of aliphatic hydroxyl groups is 1. The van der Waals surface area contributed by atoms with Crippen LogP contribution in [-0.2, 0) is 9.63 Å². The monoisotopic (exact) mass is 145 g/mol. The summed E-state index contributed by atoms with van der Waals surface area (Å²) < 4.78 is 0. The maximum atomic E-state index is 10.8. The normalized spacial score (nSPS) is 21.8. The molecule has 4 heteroatoms. The van der Waals surface area contributed by atoms with Gasteiger partial charge in [-0.25, -0.2) is 9.90 Å². The molecule has 10 heavy (non-hydrogen) atoms. The Balaban J connectivity index is 2.33. The van der Waals surface area contributed by atoms with E-state index in [0.717, 1.165) is 6.42 Å². The molecule has 0 bridgehead atoms. The lowest BCUT2D eigenvalue weighted by molar-refractivity contribution is -0.242. The van der Waals surface area contributed by atoms with E-state index in [2.05, 4.69) is 0 Å². The lowest BCUT2D eigenvalue weighted by atomic mass is 10.4. The molecule has 0 aromatic heterocycles. The smallest absolute Gasteiger partial charge is 0.246 e. The number of rotatable bonds is 2. The Morgan fingerprint density at radius 3 is 2.90 bits per heavy atom. The zero-order valence-corrected chi connectivity index (χ0v) is 5.91. The molecular weight excluding hydrogens is 134 g/mol. The first kappa shape index (κ1) is 7.50. The van der Waals surface area contributed by atoms with Crippen LogP contribution in [0.25, 0.3) is 0 Å². The molecule has 0 radical (unpaired) electrons. The third-order valence-electron chi connectivity index (χ3n) is 1.31. The minimum absolute atomic E-state index is 0.0408. The van der Waals surface area contributed by atoms with E-state index in [-0.39, 0.29) is 5.91 Å². The van der Waals surface area contributed by atoms with Gasteiger partial charge < -0.3 is 5.11 Å². The van der Waals surface area contributed by atoms with Crippen molar-refractivity contribution in [1.82, 2.24) is 5.06 Å². The quantitative estimate of drug-likeness (QED) is 0.551. The van der Waals surface area contributed by atoms with Crippen LogP contribution >= 0.6 is 0 Å². The second-order valence-electron chi connectivity index (χ2n) is 2.30. The van der Waals surface area contributed by atoms with Crippen LogP contribution in [0.4, 0.5) is 0 Å². The molecule has 1 unspecified atom stereocenters. The number of nitrogens with zero attached hydrogens (tertiary/aromatic N) is 1. The summed E-state index contributed by atoms with van der Waals surface area (Å²) in [5, 5.41) is 9.93. The first-order valence-electron chi connectivity index (χ1n) is 3.35. The topological polar surface area (TPSA) is 49.8 Å². The maximum absolute atomic E-state index is 10.8. The molecule has 0 aromatic carbocycles. The summed E-state index contributed by atoms with van der Waals surface area (Å²) in [6, 6.07) is 0. The van der Waals surface area contributed by atoms with Crippen molar-refractivity contribution in [2.45, 2.75) is 26.1 Å². The Hall–Kier alpha value is -0.610. The fraction of sp³-hybridized carbons (Fsp3) is 0.833. The van der Waals surface area contributed by atoms with Crippen molar-refractivity contribution in [2.75, 3.05) is 6.54 Å². The van der Waals surface area contributed by atoms with Gasteiger partial charge in [0.05, 0.1) is 0 Å². The van der Waals surface area contributed by atoms with Crippen molar-refractivity contribution in [2.24, 2.45) is 0 Å². The summed E-state index contributed by atoms with van der Waals surface area (Å²) in [5.41, 5.74) is 0. The second-order valence-corrected chi connectivity index (χ2v) is 2.30. The van der Waals surface area contributed by atoms with Crippen LogP contribution in [0.3, 0.4) is 0 Å². The highest BCUT2D eigenvalue weighted by Gasteiger charge is 2.21. The fourth-order valence-corrected chi connectivity index (χ4v) is 0.919. The van der Waals surface area contributed by atoms with Crippen LogP contribution in [0, 0.1) is 0 Å². The molecule has 4 nitrogen and oxygen atoms in total. The second kappa shape index (κ2) is 2.98. The fourth-order valence-electron chi connectivity index (χ4n) is 0.919. The molecule has 1 aliphatic heterocycles. The highest BCUT2D eigenvalue weighted by atomic mass is 16.8. The van der Waals surface area contributed by atoms with Crippen LogP contribution < -0.4 is 0 Å². The van der Waals surface area contributed by atoms with Crippen LogP contribution in [0.15, 0.2) is 0 Å². The van der Waals surface area contributed by atoms with E-state index in [9.17, 15) is 4.79 Å². The van der Waals surface area contributed by atoms with Crippen LogP contribution in [-0.4, -0.2) is 28.9 Å². The Morgan fingerprint density at radius 1 is 1.80 bits per heavy atom. The lowest BCUT2D eigenvalue weighted by Gasteiger charge is -2.16. The van der Waals surface area contributed by atoms with Crippen LogP contribution in [0.1, 0.15) is 19.8 Å². The molecule has 0 saturated carbocycles. The minimum atomic E-state index is -0.887. The summed E-state index contributed by atoms with van der Waals surface area (Å²) in [4.78, 5) is 15.6. The van der Waals surface area contributed by atoms with Gasteiger partial charge in [0.1, 0.15) is 0 Å². The van der Waals surface area contributed by atoms with Crippen molar-refractivity contribution in [3.63, 3.8) is 0 Å². The van der Waals surface area contributed by atoms with Gasteiger partial charge in [0, 0.05) is 13.0 Å². The van der Waals surface area contributed by atoms with E-state index in [0.29, 0.717) is 13.0 Å². The van der Waals surface area contributed by atoms with Crippen molar-refractivity contribution < 1.29 is 14.7 Å². The molecule has 58 valence electrons. The maximum Gasteiger partial charge on any atom is 0.246 e. The SMILES string of the molecule is CC(O)ON1CCCC1=O. The number of amides is 1. The van der Waals surface area contributed by atoms with E-state index in [1.807, 2.05) is 0 Å². The molecule has 1 aliphatic rings. The van der Waals surface area contributed by atoms with Gasteiger partial charge >= 0.3 is 0 Å².